The Bertz CT molecular complexity index is 1090. The van der Waals surface area contributed by atoms with Crippen LogP contribution in [0.1, 0.15) is 23.1 Å². The molecule has 8 nitrogen and oxygen atoms in total. The number of nitrogens with zero attached hydrogens (tertiary/aromatic N) is 3. The first-order chi connectivity index (χ1) is 13.9. The minimum absolute atomic E-state index is 0.110. The van der Waals surface area contributed by atoms with Gasteiger partial charge in [0.15, 0.2) is 0 Å². The van der Waals surface area contributed by atoms with Gasteiger partial charge in [-0.15, -0.1) is 0 Å². The fourth-order valence-electron chi connectivity index (χ4n) is 2.91. The predicted molar refractivity (Wildman–Crippen MR) is 112 cm³/mol. The van der Waals surface area contributed by atoms with Gasteiger partial charge in [-0.25, -0.2) is 14.8 Å². The van der Waals surface area contributed by atoms with E-state index >= 15 is 0 Å². The maximum atomic E-state index is 12.1. The van der Waals surface area contributed by atoms with Crippen LogP contribution in [0.2, 0.25) is 0 Å². The molecule has 8 heteroatoms. The highest BCUT2D eigenvalue weighted by Gasteiger charge is 2.19. The Morgan fingerprint density at radius 2 is 2.07 bits per heavy atom. The Kier molecular flexibility index (Phi) is 6.04. The van der Waals surface area contributed by atoms with Gasteiger partial charge in [-0.05, 0) is 26.2 Å². The van der Waals surface area contributed by atoms with Crippen LogP contribution in [0.15, 0.2) is 42.6 Å². The molecule has 2 heterocycles. The number of likely N-dealkylation sites (N-methyl/N-ethyl adjacent to an activating group) is 1. The zero-order valence-electron chi connectivity index (χ0n) is 16.6. The second-order valence-electron chi connectivity index (χ2n) is 6.81. The van der Waals surface area contributed by atoms with Crippen molar-refractivity contribution in [2.45, 2.75) is 13.3 Å². The number of aryl methyl sites for hydroxylation is 1. The van der Waals surface area contributed by atoms with Crippen LogP contribution in [-0.4, -0.2) is 57.5 Å². The molecule has 0 radical (unpaired) electrons. The van der Waals surface area contributed by atoms with Gasteiger partial charge in [-0.3, -0.25) is 4.79 Å². The van der Waals surface area contributed by atoms with Gasteiger partial charge in [0.05, 0.1) is 16.6 Å². The number of rotatable bonds is 7. The number of H-pyrrole nitrogens is 1. The van der Waals surface area contributed by atoms with Crippen molar-refractivity contribution >= 4 is 28.6 Å². The number of benzene rings is 1. The van der Waals surface area contributed by atoms with E-state index in [1.165, 1.54) is 12.3 Å². The molecule has 0 spiro atoms. The zero-order valence-corrected chi connectivity index (χ0v) is 16.6. The molecule has 0 unspecified atom stereocenters. The maximum absolute atomic E-state index is 12.1. The molecule has 0 atom stereocenters. The minimum atomic E-state index is -1.05. The Hall–Kier alpha value is -3.52. The van der Waals surface area contributed by atoms with Crippen molar-refractivity contribution in [3.63, 3.8) is 0 Å². The molecule has 29 heavy (non-hydrogen) atoms. The average molecular weight is 393 g/mol. The van der Waals surface area contributed by atoms with Crippen molar-refractivity contribution in [2.24, 2.45) is 0 Å². The van der Waals surface area contributed by atoms with Gasteiger partial charge in [0.1, 0.15) is 11.5 Å². The molecule has 3 rings (SSSR count). The van der Waals surface area contributed by atoms with Crippen molar-refractivity contribution in [2.75, 3.05) is 26.0 Å². The molecule has 1 aromatic carbocycles. The summed E-state index contributed by atoms with van der Waals surface area (Å²) in [5, 5.41) is 12.8. The lowest BCUT2D eigenvalue weighted by molar-refractivity contribution is -0.111. The first kappa shape index (κ1) is 20.2. The number of fused-ring (bicyclic) bond motifs is 1. The summed E-state index contributed by atoms with van der Waals surface area (Å²) in [5.74, 6) is -0.688. The molecule has 3 N–H and O–H groups in total. The third-order valence-corrected chi connectivity index (χ3v) is 4.27. The summed E-state index contributed by atoms with van der Waals surface area (Å²) in [6.07, 6.45) is 5.29. The Balaban J connectivity index is 1.99. The molecule has 2 aromatic heterocycles. The number of aromatic nitrogens is 3. The highest BCUT2D eigenvalue weighted by atomic mass is 16.4. The standard InChI is InChI=1S/C21H23N5O3/c1-4-16-24-19(18-15(21(28)29)12-22-20(18)25-16)13-7-5-8-14(11-13)23-17(27)9-6-10-26(2)3/h5-9,11-12H,4,10H2,1-3H3,(H,23,27)(H,28,29)(H,22,24,25)/b9-6+. The number of carboxylic acid groups (broad SMARTS) is 1. The van der Waals surface area contributed by atoms with Crippen LogP contribution in [0.4, 0.5) is 5.69 Å². The van der Waals surface area contributed by atoms with Crippen LogP contribution < -0.4 is 5.32 Å². The largest absolute Gasteiger partial charge is 0.478 e. The number of amides is 1. The van der Waals surface area contributed by atoms with Crippen LogP contribution in [0.3, 0.4) is 0 Å². The molecular formula is C21H23N5O3. The summed E-state index contributed by atoms with van der Waals surface area (Å²) in [7, 11) is 3.84. The van der Waals surface area contributed by atoms with Crippen LogP contribution in [0.5, 0.6) is 0 Å². The summed E-state index contributed by atoms with van der Waals surface area (Å²) in [6, 6.07) is 7.17. The van der Waals surface area contributed by atoms with Crippen LogP contribution >= 0.6 is 0 Å². The van der Waals surface area contributed by atoms with Crippen molar-refractivity contribution < 1.29 is 14.7 Å². The van der Waals surface area contributed by atoms with E-state index in [0.29, 0.717) is 46.8 Å². The molecule has 0 aliphatic rings. The first-order valence-electron chi connectivity index (χ1n) is 9.23. The van der Waals surface area contributed by atoms with Gasteiger partial charge in [0.25, 0.3) is 0 Å². The van der Waals surface area contributed by atoms with Gasteiger partial charge in [0, 0.05) is 36.5 Å². The van der Waals surface area contributed by atoms with Crippen LogP contribution in [0, 0.1) is 0 Å². The van der Waals surface area contributed by atoms with Gasteiger partial charge in [-0.1, -0.05) is 25.1 Å². The second-order valence-corrected chi connectivity index (χ2v) is 6.81. The normalized spacial score (nSPS) is 11.4. The van der Waals surface area contributed by atoms with Gasteiger partial charge in [-0.2, -0.15) is 0 Å². The maximum Gasteiger partial charge on any atom is 0.338 e. The van der Waals surface area contributed by atoms with E-state index in [9.17, 15) is 14.7 Å². The second kappa shape index (κ2) is 8.66. The number of hydrogen-bond acceptors (Lipinski definition) is 5. The number of aromatic carboxylic acids is 1. The lowest BCUT2D eigenvalue weighted by Gasteiger charge is -2.09. The minimum Gasteiger partial charge on any atom is -0.478 e. The summed E-state index contributed by atoms with van der Waals surface area (Å²) < 4.78 is 0. The molecular weight excluding hydrogens is 370 g/mol. The quantitative estimate of drug-likeness (QED) is 0.532. The molecule has 0 aliphatic heterocycles. The molecule has 150 valence electrons. The first-order valence-corrected chi connectivity index (χ1v) is 9.23. The summed E-state index contributed by atoms with van der Waals surface area (Å²) in [5.41, 5.74) is 2.40. The number of nitrogens with one attached hydrogen (secondary N) is 2. The number of carbonyl (C=O) groups is 2. The van der Waals surface area contributed by atoms with E-state index < -0.39 is 5.97 Å². The smallest absolute Gasteiger partial charge is 0.338 e. The van der Waals surface area contributed by atoms with E-state index in [-0.39, 0.29) is 11.5 Å². The van der Waals surface area contributed by atoms with Gasteiger partial charge < -0.3 is 20.3 Å². The van der Waals surface area contributed by atoms with Crippen LogP contribution in [0.25, 0.3) is 22.3 Å². The Morgan fingerprint density at radius 3 is 2.76 bits per heavy atom. The third-order valence-electron chi connectivity index (χ3n) is 4.27. The van der Waals surface area contributed by atoms with Gasteiger partial charge in [0.2, 0.25) is 5.91 Å². The highest BCUT2D eigenvalue weighted by molar-refractivity contribution is 6.08. The van der Waals surface area contributed by atoms with Crippen LogP contribution in [-0.2, 0) is 11.2 Å². The summed E-state index contributed by atoms with van der Waals surface area (Å²) in [6.45, 7) is 2.60. The number of carbonyl (C=O) groups excluding carboxylic acids is 1. The average Bonchev–Trinajstić information content (AvgIpc) is 3.11. The molecule has 0 fully saturated rings. The van der Waals surface area contributed by atoms with E-state index in [1.54, 1.807) is 24.3 Å². The van der Waals surface area contributed by atoms with E-state index in [0.717, 1.165) is 0 Å². The van der Waals surface area contributed by atoms with E-state index in [4.69, 9.17) is 0 Å². The van der Waals surface area contributed by atoms with Crippen molar-refractivity contribution in [1.29, 1.82) is 0 Å². The molecule has 0 saturated heterocycles. The zero-order chi connectivity index (χ0) is 21.0. The Labute approximate surface area is 168 Å². The number of hydrogen-bond donors (Lipinski definition) is 3. The Morgan fingerprint density at radius 1 is 1.28 bits per heavy atom. The monoisotopic (exact) mass is 393 g/mol. The molecule has 3 aromatic rings. The topological polar surface area (TPSA) is 111 Å². The van der Waals surface area contributed by atoms with E-state index in [1.807, 2.05) is 32.0 Å². The van der Waals surface area contributed by atoms with Crippen molar-refractivity contribution in [3.8, 4) is 11.3 Å². The van der Waals surface area contributed by atoms with E-state index in [2.05, 4.69) is 20.3 Å². The highest BCUT2D eigenvalue weighted by Crippen LogP contribution is 2.30. The fourth-order valence-corrected chi connectivity index (χ4v) is 2.91. The molecule has 0 bridgehead atoms. The van der Waals surface area contributed by atoms with Crippen molar-refractivity contribution in [3.05, 3.63) is 54.0 Å². The SMILES string of the molecule is CCc1nc(-c2cccc(NC(=O)/C=C/CN(C)C)c2)c2c(C(=O)O)c[nH]c2n1. The molecule has 0 aliphatic carbocycles. The lowest BCUT2D eigenvalue weighted by Crippen LogP contribution is -2.12. The van der Waals surface area contributed by atoms with Crippen molar-refractivity contribution in [1.82, 2.24) is 19.9 Å². The number of carboxylic acids is 1. The predicted octanol–water partition coefficient (Wildman–Crippen LogP) is 2.94. The number of aromatic amines is 1. The number of anilines is 1. The fraction of sp³-hybridized carbons (Fsp3) is 0.238. The van der Waals surface area contributed by atoms with Gasteiger partial charge >= 0.3 is 5.97 Å². The molecule has 0 saturated carbocycles. The lowest BCUT2D eigenvalue weighted by atomic mass is 10.1. The summed E-state index contributed by atoms with van der Waals surface area (Å²) in [4.78, 5) is 37.6. The molecule has 1 amide bonds. The summed E-state index contributed by atoms with van der Waals surface area (Å²) >= 11 is 0. The third kappa shape index (κ3) is 4.67.